The number of alkyl carbamates (subject to hydrolysis) is 1. The summed E-state index contributed by atoms with van der Waals surface area (Å²) in [4.78, 5) is 35.6. The van der Waals surface area contributed by atoms with Crippen LogP contribution in [0.2, 0.25) is 0 Å². The van der Waals surface area contributed by atoms with Gasteiger partial charge in [0, 0.05) is 12.2 Å². The summed E-state index contributed by atoms with van der Waals surface area (Å²) < 4.78 is 18.7. The van der Waals surface area contributed by atoms with Crippen molar-refractivity contribution in [3.8, 4) is 0 Å². The molecule has 0 saturated carbocycles. The van der Waals surface area contributed by atoms with E-state index >= 15 is 0 Å². The quantitative estimate of drug-likeness (QED) is 0.647. The lowest BCUT2D eigenvalue weighted by molar-refractivity contribution is -0.120. The molecule has 2 rings (SSSR count). The van der Waals surface area contributed by atoms with Crippen LogP contribution in [-0.2, 0) is 27.3 Å². The van der Waals surface area contributed by atoms with Crippen LogP contribution in [0.15, 0.2) is 48.5 Å². The second kappa shape index (κ2) is 10.4. The maximum absolute atomic E-state index is 13.7. The largest absolute Gasteiger partial charge is 0.444 e. The summed E-state index contributed by atoms with van der Waals surface area (Å²) in [6, 6.07) is 13.0. The summed E-state index contributed by atoms with van der Waals surface area (Å²) in [7, 11) is 0. The highest BCUT2D eigenvalue weighted by Gasteiger charge is 2.16. The zero-order valence-corrected chi connectivity index (χ0v) is 17.3. The van der Waals surface area contributed by atoms with E-state index in [0.717, 1.165) is 5.56 Å². The Balaban J connectivity index is 1.81. The molecule has 3 amide bonds. The van der Waals surface area contributed by atoms with E-state index in [2.05, 4.69) is 16.0 Å². The van der Waals surface area contributed by atoms with Crippen molar-refractivity contribution in [2.75, 3.05) is 11.9 Å². The van der Waals surface area contributed by atoms with Gasteiger partial charge in [-0.25, -0.2) is 9.18 Å². The fourth-order valence-corrected chi connectivity index (χ4v) is 2.51. The zero-order chi connectivity index (χ0) is 22.1. The highest BCUT2D eigenvalue weighted by atomic mass is 19.1. The van der Waals surface area contributed by atoms with E-state index in [4.69, 9.17) is 4.74 Å². The SMILES string of the molecule is CC(C)(C)OC(=O)NCC(=O)NCc1cccc(NC(=O)Cc2ccccc2F)c1. The summed E-state index contributed by atoms with van der Waals surface area (Å²) in [6.07, 6.45) is -0.749. The molecule has 0 aromatic heterocycles. The Bertz CT molecular complexity index is 909. The molecular weight excluding hydrogens is 389 g/mol. The van der Waals surface area contributed by atoms with Gasteiger partial charge in [0.05, 0.1) is 6.42 Å². The number of halogens is 1. The molecule has 7 nitrogen and oxygen atoms in total. The van der Waals surface area contributed by atoms with Gasteiger partial charge in [-0.15, -0.1) is 0 Å². The zero-order valence-electron chi connectivity index (χ0n) is 17.3. The predicted octanol–water partition coefficient (Wildman–Crippen LogP) is 3.15. The van der Waals surface area contributed by atoms with Crippen LogP contribution < -0.4 is 16.0 Å². The minimum Gasteiger partial charge on any atom is -0.444 e. The Morgan fingerprint density at radius 2 is 1.70 bits per heavy atom. The van der Waals surface area contributed by atoms with Crippen LogP contribution in [0.1, 0.15) is 31.9 Å². The smallest absolute Gasteiger partial charge is 0.408 e. The second-order valence-corrected chi connectivity index (χ2v) is 7.65. The number of hydrogen-bond acceptors (Lipinski definition) is 4. The standard InChI is InChI=1S/C22H26FN3O4/c1-22(2,3)30-21(29)25-14-20(28)24-13-15-7-6-9-17(11-15)26-19(27)12-16-8-4-5-10-18(16)23/h4-11H,12-14H2,1-3H3,(H,24,28)(H,25,29)(H,26,27). The molecule has 30 heavy (non-hydrogen) atoms. The maximum Gasteiger partial charge on any atom is 0.408 e. The number of benzene rings is 2. The number of rotatable bonds is 7. The van der Waals surface area contributed by atoms with Crippen molar-refractivity contribution >= 4 is 23.6 Å². The third kappa shape index (κ3) is 8.30. The average molecular weight is 415 g/mol. The molecule has 0 spiro atoms. The first-order chi connectivity index (χ1) is 14.1. The molecule has 0 bridgehead atoms. The van der Waals surface area contributed by atoms with Crippen LogP contribution in [0.3, 0.4) is 0 Å². The van der Waals surface area contributed by atoms with Crippen molar-refractivity contribution in [3.63, 3.8) is 0 Å². The molecule has 0 aliphatic carbocycles. The second-order valence-electron chi connectivity index (χ2n) is 7.65. The molecule has 160 valence electrons. The van der Waals surface area contributed by atoms with Crippen LogP contribution in [0.5, 0.6) is 0 Å². The predicted molar refractivity (Wildman–Crippen MR) is 111 cm³/mol. The van der Waals surface area contributed by atoms with Crippen LogP contribution in [-0.4, -0.2) is 30.1 Å². The van der Waals surface area contributed by atoms with Gasteiger partial charge in [-0.1, -0.05) is 30.3 Å². The van der Waals surface area contributed by atoms with Gasteiger partial charge in [-0.2, -0.15) is 0 Å². The van der Waals surface area contributed by atoms with Gasteiger partial charge in [-0.3, -0.25) is 9.59 Å². The Morgan fingerprint density at radius 1 is 0.967 bits per heavy atom. The highest BCUT2D eigenvalue weighted by Crippen LogP contribution is 2.13. The van der Waals surface area contributed by atoms with Crippen molar-refractivity contribution < 1.29 is 23.5 Å². The van der Waals surface area contributed by atoms with Crippen molar-refractivity contribution in [1.82, 2.24) is 10.6 Å². The van der Waals surface area contributed by atoms with Crippen LogP contribution in [0, 0.1) is 5.82 Å². The first kappa shape index (κ1) is 22.9. The molecule has 2 aromatic rings. The fourth-order valence-electron chi connectivity index (χ4n) is 2.51. The molecular formula is C22H26FN3O4. The number of amides is 3. The lowest BCUT2D eigenvalue weighted by atomic mass is 10.1. The van der Waals surface area contributed by atoms with Gasteiger partial charge in [0.1, 0.15) is 18.0 Å². The van der Waals surface area contributed by atoms with Gasteiger partial charge >= 0.3 is 6.09 Å². The molecule has 0 unspecified atom stereocenters. The van der Waals surface area contributed by atoms with E-state index in [1.165, 1.54) is 6.07 Å². The Morgan fingerprint density at radius 3 is 2.40 bits per heavy atom. The molecule has 2 aromatic carbocycles. The third-order valence-corrected chi connectivity index (χ3v) is 3.80. The van der Waals surface area contributed by atoms with Crippen LogP contribution >= 0.6 is 0 Å². The fraction of sp³-hybridized carbons (Fsp3) is 0.318. The molecule has 3 N–H and O–H groups in total. The number of nitrogens with one attached hydrogen (secondary N) is 3. The number of ether oxygens (including phenoxy) is 1. The van der Waals surface area contributed by atoms with E-state index < -0.39 is 17.5 Å². The minimum absolute atomic E-state index is 0.0794. The van der Waals surface area contributed by atoms with Crippen molar-refractivity contribution in [2.45, 2.75) is 39.3 Å². The number of carbonyl (C=O) groups excluding carboxylic acids is 3. The van der Waals surface area contributed by atoms with E-state index in [1.54, 1.807) is 63.2 Å². The van der Waals surface area contributed by atoms with Crippen molar-refractivity contribution in [3.05, 3.63) is 65.5 Å². The number of hydrogen-bond donors (Lipinski definition) is 3. The normalized spacial score (nSPS) is 10.8. The lowest BCUT2D eigenvalue weighted by Gasteiger charge is -2.19. The first-order valence-corrected chi connectivity index (χ1v) is 9.48. The monoisotopic (exact) mass is 415 g/mol. The van der Waals surface area contributed by atoms with Crippen molar-refractivity contribution in [1.29, 1.82) is 0 Å². The summed E-state index contributed by atoms with van der Waals surface area (Å²) in [5.74, 6) is -1.15. The summed E-state index contributed by atoms with van der Waals surface area (Å²) in [6.45, 7) is 5.19. The van der Waals surface area contributed by atoms with Gasteiger partial charge in [0.25, 0.3) is 0 Å². The Kier molecular flexibility index (Phi) is 7.91. The number of anilines is 1. The van der Waals surface area contributed by atoms with E-state index in [-0.39, 0.29) is 31.3 Å². The minimum atomic E-state index is -0.669. The van der Waals surface area contributed by atoms with E-state index in [1.807, 2.05) is 0 Å². The summed E-state index contributed by atoms with van der Waals surface area (Å²) in [5.41, 5.74) is 0.965. The molecule has 0 aliphatic rings. The van der Waals surface area contributed by atoms with Gasteiger partial charge < -0.3 is 20.7 Å². The molecule has 0 fully saturated rings. The topological polar surface area (TPSA) is 96.5 Å². The van der Waals surface area contributed by atoms with Gasteiger partial charge in [0.2, 0.25) is 11.8 Å². The van der Waals surface area contributed by atoms with Crippen molar-refractivity contribution in [2.24, 2.45) is 0 Å². The summed E-state index contributed by atoms with van der Waals surface area (Å²) >= 11 is 0. The molecule has 0 heterocycles. The Labute approximate surface area is 175 Å². The average Bonchev–Trinajstić information content (AvgIpc) is 2.65. The molecule has 0 atom stereocenters. The highest BCUT2D eigenvalue weighted by molar-refractivity contribution is 5.92. The van der Waals surface area contributed by atoms with E-state index in [9.17, 15) is 18.8 Å². The van der Waals surface area contributed by atoms with Gasteiger partial charge in [0.15, 0.2) is 0 Å². The first-order valence-electron chi connectivity index (χ1n) is 9.48. The Hall–Kier alpha value is -3.42. The molecule has 8 heteroatoms. The summed E-state index contributed by atoms with van der Waals surface area (Å²) in [5, 5.41) is 7.77. The number of carbonyl (C=O) groups is 3. The molecule has 0 radical (unpaired) electrons. The lowest BCUT2D eigenvalue weighted by Crippen LogP contribution is -2.39. The van der Waals surface area contributed by atoms with Gasteiger partial charge in [-0.05, 0) is 50.1 Å². The van der Waals surface area contributed by atoms with Crippen LogP contribution in [0.4, 0.5) is 14.9 Å². The van der Waals surface area contributed by atoms with Crippen LogP contribution in [0.25, 0.3) is 0 Å². The molecule has 0 aliphatic heterocycles. The van der Waals surface area contributed by atoms with E-state index in [0.29, 0.717) is 11.3 Å². The maximum atomic E-state index is 13.7. The third-order valence-electron chi connectivity index (χ3n) is 3.80. The molecule has 0 saturated heterocycles.